The molecule has 1 unspecified atom stereocenters. The summed E-state index contributed by atoms with van der Waals surface area (Å²) < 4.78 is 1.75. The topological polar surface area (TPSA) is 174 Å². The van der Waals surface area contributed by atoms with Crippen LogP contribution in [0.1, 0.15) is 57.5 Å². The van der Waals surface area contributed by atoms with Gasteiger partial charge in [0.2, 0.25) is 17.8 Å². The van der Waals surface area contributed by atoms with Gasteiger partial charge in [0.1, 0.15) is 11.9 Å². The molecular weight excluding hydrogens is 737 g/mol. The predicted molar refractivity (Wildman–Crippen MR) is 220 cm³/mol. The number of nitrogens with zero attached hydrogens (tertiary/aromatic N) is 9. The maximum Gasteiger partial charge on any atom is 0.262 e. The number of rotatable bonds is 9. The third kappa shape index (κ3) is 7.08. The Labute approximate surface area is 335 Å². The van der Waals surface area contributed by atoms with E-state index in [0.29, 0.717) is 40.3 Å². The standard InChI is InChI=1S/C42H46N12O4/c1-25-5-4-6-26(2)36(25)47-37-32-23-44-42(48-38(32)50(3)49-37)45-34-11-8-29(22-43-34)53-19-17-51(18-20-53)24-27-13-15-52(16-14-27)28-7-9-30-31(21-28)41(58)54(40(30)57)33-10-12-35(55)46-39(33)56/h4-9,11,21-23,27,33H,10,12-20,24H2,1-3H3,(H,47,49)(H,46,55,56)(H,43,44,45,48). The van der Waals surface area contributed by atoms with Crippen molar-refractivity contribution in [2.24, 2.45) is 13.0 Å². The van der Waals surface area contributed by atoms with Gasteiger partial charge >= 0.3 is 0 Å². The zero-order chi connectivity index (χ0) is 40.1. The lowest BCUT2D eigenvalue weighted by Crippen LogP contribution is -2.54. The molecule has 0 radical (unpaired) electrons. The number of amides is 4. The molecule has 7 heterocycles. The van der Waals surface area contributed by atoms with Crippen molar-refractivity contribution in [1.82, 2.24) is 39.8 Å². The van der Waals surface area contributed by atoms with E-state index < -0.39 is 23.8 Å². The van der Waals surface area contributed by atoms with Crippen LogP contribution < -0.4 is 25.8 Å². The van der Waals surface area contributed by atoms with Crippen molar-refractivity contribution in [2.75, 3.05) is 66.2 Å². The first-order valence-electron chi connectivity index (χ1n) is 19.9. The maximum absolute atomic E-state index is 13.3. The first-order valence-corrected chi connectivity index (χ1v) is 19.9. The lowest BCUT2D eigenvalue weighted by atomic mass is 9.95. The van der Waals surface area contributed by atoms with Crippen LogP contribution in [0.4, 0.5) is 34.6 Å². The van der Waals surface area contributed by atoms with Crippen LogP contribution in [-0.2, 0) is 16.6 Å². The van der Waals surface area contributed by atoms with Crippen LogP contribution in [0.5, 0.6) is 0 Å². The van der Waals surface area contributed by atoms with Gasteiger partial charge in [0.05, 0.1) is 28.4 Å². The van der Waals surface area contributed by atoms with Gasteiger partial charge in [0.25, 0.3) is 11.8 Å². The molecule has 0 saturated carbocycles. The quantitative estimate of drug-likeness (QED) is 0.181. The summed E-state index contributed by atoms with van der Waals surface area (Å²) in [5.41, 5.74) is 6.64. The zero-order valence-corrected chi connectivity index (χ0v) is 32.9. The Morgan fingerprint density at radius 1 is 0.776 bits per heavy atom. The summed E-state index contributed by atoms with van der Waals surface area (Å²) in [5, 5.41) is 14.5. The van der Waals surface area contributed by atoms with Crippen molar-refractivity contribution in [1.29, 1.82) is 0 Å². The number of hydrogen-bond donors (Lipinski definition) is 3. The average Bonchev–Trinajstić information content (AvgIpc) is 3.67. The van der Waals surface area contributed by atoms with E-state index in [0.717, 1.165) is 97.1 Å². The van der Waals surface area contributed by atoms with Gasteiger partial charge in [-0.2, -0.15) is 10.1 Å². The number of piperazine rings is 1. The van der Waals surface area contributed by atoms with E-state index in [1.54, 1.807) is 23.0 Å². The molecule has 0 bridgehead atoms. The fourth-order valence-electron chi connectivity index (χ4n) is 8.67. The molecule has 0 spiro atoms. The van der Waals surface area contributed by atoms with E-state index in [-0.39, 0.29) is 18.7 Å². The molecule has 16 heteroatoms. The molecule has 3 fully saturated rings. The molecule has 3 aromatic heterocycles. The molecule has 58 heavy (non-hydrogen) atoms. The lowest BCUT2D eigenvalue weighted by molar-refractivity contribution is -0.136. The third-order valence-electron chi connectivity index (χ3n) is 11.9. The van der Waals surface area contributed by atoms with Gasteiger partial charge in [0.15, 0.2) is 11.5 Å². The molecule has 0 aliphatic carbocycles. The highest BCUT2D eigenvalue weighted by atomic mass is 16.2. The summed E-state index contributed by atoms with van der Waals surface area (Å²) in [4.78, 5) is 72.7. The first kappa shape index (κ1) is 37.2. The van der Waals surface area contributed by atoms with E-state index in [2.05, 4.69) is 77.8 Å². The second-order valence-corrected chi connectivity index (χ2v) is 15.7. The van der Waals surface area contributed by atoms with Crippen LogP contribution in [0.2, 0.25) is 0 Å². The average molecular weight is 783 g/mol. The number of benzene rings is 2. The van der Waals surface area contributed by atoms with Crippen LogP contribution in [0.25, 0.3) is 11.0 Å². The van der Waals surface area contributed by atoms with E-state index in [4.69, 9.17) is 4.98 Å². The second kappa shape index (κ2) is 15.2. The fraction of sp³-hybridized carbons (Fsp3) is 0.381. The number of nitrogens with one attached hydrogen (secondary N) is 3. The molecule has 4 amide bonds. The van der Waals surface area contributed by atoms with Crippen LogP contribution in [0.15, 0.2) is 60.9 Å². The van der Waals surface area contributed by atoms with Gasteiger partial charge in [-0.25, -0.2) is 14.6 Å². The Balaban J connectivity index is 0.747. The highest BCUT2D eigenvalue weighted by molar-refractivity contribution is 6.23. The number of aryl methyl sites for hydroxylation is 3. The Morgan fingerprint density at radius 3 is 2.22 bits per heavy atom. The summed E-state index contributed by atoms with van der Waals surface area (Å²) in [5.74, 6) is 0.463. The summed E-state index contributed by atoms with van der Waals surface area (Å²) in [6.45, 7) is 10.7. The van der Waals surface area contributed by atoms with Gasteiger partial charge < -0.3 is 20.4 Å². The van der Waals surface area contributed by atoms with E-state index >= 15 is 0 Å². The van der Waals surface area contributed by atoms with Gasteiger partial charge in [-0.15, -0.1) is 0 Å². The molecular formula is C42H46N12O4. The van der Waals surface area contributed by atoms with Crippen molar-refractivity contribution in [3.63, 3.8) is 0 Å². The molecule has 4 aliphatic heterocycles. The third-order valence-corrected chi connectivity index (χ3v) is 11.9. The molecule has 5 aromatic rings. The van der Waals surface area contributed by atoms with Crippen LogP contribution >= 0.6 is 0 Å². The van der Waals surface area contributed by atoms with Gasteiger partial charge in [-0.05, 0) is 80.5 Å². The van der Waals surface area contributed by atoms with Crippen molar-refractivity contribution in [3.05, 3.63) is 83.2 Å². The van der Waals surface area contributed by atoms with Crippen molar-refractivity contribution in [3.8, 4) is 0 Å². The van der Waals surface area contributed by atoms with Gasteiger partial charge in [-0.1, -0.05) is 18.2 Å². The molecule has 1 atom stereocenters. The smallest absolute Gasteiger partial charge is 0.262 e. The summed E-state index contributed by atoms with van der Waals surface area (Å²) in [7, 11) is 1.87. The number of anilines is 6. The number of piperidine rings is 2. The monoisotopic (exact) mass is 782 g/mol. The Bertz CT molecular complexity index is 2410. The molecule has 9 rings (SSSR count). The number of carbonyl (C=O) groups is 4. The van der Waals surface area contributed by atoms with Crippen LogP contribution in [-0.4, -0.2) is 110 Å². The van der Waals surface area contributed by atoms with E-state index in [1.165, 1.54) is 0 Å². The van der Waals surface area contributed by atoms with Crippen LogP contribution in [0.3, 0.4) is 0 Å². The predicted octanol–water partition coefficient (Wildman–Crippen LogP) is 4.30. The Hall–Kier alpha value is -6.42. The SMILES string of the molecule is Cc1cccc(C)c1Nc1nn(C)c2nc(Nc3ccc(N4CCN(CC5CCN(c6ccc7c(c6)C(=O)N(C6CCC(=O)NC6=O)C7=O)CC5)CC4)cn3)ncc12. The number of para-hydroxylation sites is 1. The zero-order valence-electron chi connectivity index (χ0n) is 32.9. The van der Waals surface area contributed by atoms with Gasteiger partial charge in [0, 0.05) is 76.9 Å². The molecule has 3 N–H and O–H groups in total. The number of pyridine rings is 1. The molecule has 4 aliphatic rings. The Morgan fingerprint density at radius 2 is 1.50 bits per heavy atom. The molecule has 3 saturated heterocycles. The summed E-state index contributed by atoms with van der Waals surface area (Å²) in [6.07, 6.45) is 6.00. The highest BCUT2D eigenvalue weighted by Crippen LogP contribution is 2.33. The van der Waals surface area contributed by atoms with Crippen molar-refractivity contribution >= 4 is 69.3 Å². The molecule has 298 valence electrons. The molecule has 16 nitrogen and oxygen atoms in total. The largest absolute Gasteiger partial charge is 0.371 e. The number of carbonyl (C=O) groups excluding carboxylic acids is 4. The number of aromatic nitrogens is 5. The number of hydrogen-bond acceptors (Lipinski definition) is 13. The number of imide groups is 2. The minimum Gasteiger partial charge on any atom is -0.371 e. The molecule has 2 aromatic carbocycles. The van der Waals surface area contributed by atoms with Crippen molar-refractivity contribution in [2.45, 2.75) is 45.6 Å². The lowest BCUT2D eigenvalue weighted by Gasteiger charge is -2.40. The highest BCUT2D eigenvalue weighted by Gasteiger charge is 2.45. The van der Waals surface area contributed by atoms with E-state index in [1.807, 2.05) is 31.4 Å². The first-order chi connectivity index (χ1) is 28.1. The number of fused-ring (bicyclic) bond motifs is 2. The Kier molecular flexibility index (Phi) is 9.71. The fourth-order valence-corrected chi connectivity index (χ4v) is 8.67. The van der Waals surface area contributed by atoms with Crippen LogP contribution in [0, 0.1) is 19.8 Å². The minimum absolute atomic E-state index is 0.0990. The van der Waals surface area contributed by atoms with E-state index in [9.17, 15) is 19.2 Å². The summed E-state index contributed by atoms with van der Waals surface area (Å²) >= 11 is 0. The summed E-state index contributed by atoms with van der Waals surface area (Å²) in [6, 6.07) is 14.7. The van der Waals surface area contributed by atoms with Gasteiger partial charge in [-0.3, -0.25) is 34.3 Å². The maximum atomic E-state index is 13.3. The normalized spacial score (nSPS) is 19.2. The minimum atomic E-state index is -0.964. The second-order valence-electron chi connectivity index (χ2n) is 15.7. The van der Waals surface area contributed by atoms with Crippen molar-refractivity contribution < 1.29 is 19.2 Å².